The molecule has 2 aromatic rings. The van der Waals surface area contributed by atoms with E-state index < -0.39 is 0 Å². The van der Waals surface area contributed by atoms with Gasteiger partial charge in [0.2, 0.25) is 0 Å². The smallest absolute Gasteiger partial charge is 0.141 e. The van der Waals surface area contributed by atoms with E-state index in [9.17, 15) is 0 Å². The van der Waals surface area contributed by atoms with Crippen LogP contribution in [0.15, 0.2) is 30.5 Å². The third kappa shape index (κ3) is 3.15. The van der Waals surface area contributed by atoms with Gasteiger partial charge >= 0.3 is 0 Å². The van der Waals surface area contributed by atoms with E-state index >= 15 is 0 Å². The minimum atomic E-state index is -0.0329. The van der Waals surface area contributed by atoms with Crippen molar-refractivity contribution in [1.29, 1.82) is 5.41 Å². The van der Waals surface area contributed by atoms with E-state index in [0.717, 1.165) is 16.9 Å². The number of nitrogen functional groups attached to an aromatic ring is 1. The van der Waals surface area contributed by atoms with Crippen molar-refractivity contribution >= 4 is 5.84 Å². The normalized spacial score (nSPS) is 10.3. The van der Waals surface area contributed by atoms with Gasteiger partial charge in [-0.15, -0.1) is 0 Å². The quantitative estimate of drug-likeness (QED) is 0.662. The van der Waals surface area contributed by atoms with Crippen molar-refractivity contribution < 1.29 is 4.74 Å². The predicted molar refractivity (Wildman–Crippen MR) is 80.2 cm³/mol. The topological polar surface area (TPSA) is 72.0 Å². The SMILES string of the molecule is Cc1cc(C)c(C)c(OCc2ccnc(C(=N)N)c2)c1. The summed E-state index contributed by atoms with van der Waals surface area (Å²) in [4.78, 5) is 4.03. The van der Waals surface area contributed by atoms with E-state index in [4.69, 9.17) is 15.9 Å². The standard InChI is InChI=1S/C16H19N3O/c1-10-6-11(2)12(3)15(7-10)20-9-13-4-5-19-14(8-13)16(17)18/h4-8H,9H2,1-3H3,(H3,17,18). The molecule has 0 radical (unpaired) electrons. The highest BCUT2D eigenvalue weighted by Crippen LogP contribution is 2.24. The molecule has 0 saturated heterocycles. The number of nitrogens with one attached hydrogen (secondary N) is 1. The van der Waals surface area contributed by atoms with Crippen molar-refractivity contribution in [3.63, 3.8) is 0 Å². The number of aryl methyl sites for hydroxylation is 2. The Morgan fingerprint density at radius 1 is 1.25 bits per heavy atom. The molecule has 0 amide bonds. The molecule has 0 aliphatic carbocycles. The molecule has 0 spiro atoms. The molecule has 1 aromatic carbocycles. The van der Waals surface area contributed by atoms with Crippen LogP contribution in [0.1, 0.15) is 27.9 Å². The van der Waals surface area contributed by atoms with Crippen LogP contribution in [0, 0.1) is 26.2 Å². The third-order valence-corrected chi connectivity index (χ3v) is 3.26. The number of rotatable bonds is 4. The lowest BCUT2D eigenvalue weighted by atomic mass is 10.1. The lowest BCUT2D eigenvalue weighted by Gasteiger charge is -2.12. The molecule has 0 aliphatic heterocycles. The Kier molecular flexibility index (Phi) is 4.03. The average molecular weight is 269 g/mol. The van der Waals surface area contributed by atoms with Crippen molar-refractivity contribution in [1.82, 2.24) is 4.98 Å². The highest BCUT2D eigenvalue weighted by atomic mass is 16.5. The van der Waals surface area contributed by atoms with Gasteiger partial charge in [0.1, 0.15) is 23.9 Å². The second kappa shape index (κ2) is 5.74. The van der Waals surface area contributed by atoms with Crippen molar-refractivity contribution in [3.05, 3.63) is 58.4 Å². The summed E-state index contributed by atoms with van der Waals surface area (Å²) in [6.07, 6.45) is 1.64. The Balaban J connectivity index is 2.17. The molecule has 0 aliphatic rings. The van der Waals surface area contributed by atoms with Gasteiger partial charge in [0.05, 0.1) is 0 Å². The zero-order chi connectivity index (χ0) is 14.7. The molecule has 20 heavy (non-hydrogen) atoms. The number of pyridine rings is 1. The monoisotopic (exact) mass is 269 g/mol. The molecule has 1 aromatic heterocycles. The Morgan fingerprint density at radius 3 is 2.70 bits per heavy atom. The number of aromatic nitrogens is 1. The van der Waals surface area contributed by atoms with E-state index in [1.807, 2.05) is 12.1 Å². The molecule has 4 heteroatoms. The second-order valence-corrected chi connectivity index (χ2v) is 4.96. The highest BCUT2D eigenvalue weighted by molar-refractivity contribution is 5.93. The maximum Gasteiger partial charge on any atom is 0.141 e. The average Bonchev–Trinajstić information content (AvgIpc) is 2.41. The number of benzene rings is 1. The minimum Gasteiger partial charge on any atom is -0.489 e. The van der Waals surface area contributed by atoms with Crippen LogP contribution in [-0.4, -0.2) is 10.8 Å². The second-order valence-electron chi connectivity index (χ2n) is 4.96. The molecule has 0 saturated carbocycles. The molecular formula is C16H19N3O. The van der Waals surface area contributed by atoms with Crippen LogP contribution < -0.4 is 10.5 Å². The lowest BCUT2D eigenvalue weighted by molar-refractivity contribution is 0.303. The van der Waals surface area contributed by atoms with Crippen molar-refractivity contribution in [2.75, 3.05) is 0 Å². The summed E-state index contributed by atoms with van der Waals surface area (Å²) in [5.74, 6) is 0.859. The summed E-state index contributed by atoms with van der Waals surface area (Å²) in [6.45, 7) is 6.62. The minimum absolute atomic E-state index is 0.0329. The summed E-state index contributed by atoms with van der Waals surface area (Å²) < 4.78 is 5.88. The first-order valence-corrected chi connectivity index (χ1v) is 6.47. The van der Waals surface area contributed by atoms with Crippen LogP contribution in [0.5, 0.6) is 5.75 Å². The summed E-state index contributed by atoms with van der Waals surface area (Å²) in [5, 5.41) is 7.39. The van der Waals surface area contributed by atoms with Gasteiger partial charge < -0.3 is 10.5 Å². The number of nitrogens with two attached hydrogens (primary N) is 1. The Hall–Kier alpha value is -2.36. The number of amidine groups is 1. The first-order valence-electron chi connectivity index (χ1n) is 6.47. The lowest BCUT2D eigenvalue weighted by Crippen LogP contribution is -2.13. The first kappa shape index (κ1) is 14.1. The van der Waals surface area contributed by atoms with Gasteiger partial charge in [-0.25, -0.2) is 0 Å². The number of nitrogens with zero attached hydrogens (tertiary/aromatic N) is 1. The molecule has 1 heterocycles. The van der Waals surface area contributed by atoms with Crippen LogP contribution in [0.3, 0.4) is 0 Å². The Labute approximate surface area is 119 Å². The largest absolute Gasteiger partial charge is 0.489 e. The van der Waals surface area contributed by atoms with Gasteiger partial charge in [-0.2, -0.15) is 0 Å². The Morgan fingerprint density at radius 2 is 2.00 bits per heavy atom. The first-order chi connectivity index (χ1) is 9.47. The van der Waals surface area contributed by atoms with E-state index in [-0.39, 0.29) is 5.84 Å². The molecule has 3 N–H and O–H groups in total. The predicted octanol–water partition coefficient (Wildman–Crippen LogP) is 2.87. The van der Waals surface area contributed by atoms with Gasteiger partial charge in [0.25, 0.3) is 0 Å². The van der Waals surface area contributed by atoms with E-state index in [2.05, 4.69) is 31.8 Å². The molecule has 0 atom stereocenters. The Bertz CT molecular complexity index is 650. The zero-order valence-electron chi connectivity index (χ0n) is 12.0. The van der Waals surface area contributed by atoms with Gasteiger partial charge in [0, 0.05) is 6.20 Å². The van der Waals surface area contributed by atoms with Crippen LogP contribution in [-0.2, 0) is 6.61 Å². The molecule has 4 nitrogen and oxygen atoms in total. The van der Waals surface area contributed by atoms with E-state index in [1.54, 1.807) is 12.3 Å². The molecule has 2 rings (SSSR count). The maximum absolute atomic E-state index is 7.39. The number of ether oxygens (including phenoxy) is 1. The fourth-order valence-corrected chi connectivity index (χ4v) is 2.02. The van der Waals surface area contributed by atoms with Gasteiger partial charge in [-0.3, -0.25) is 10.4 Å². The molecule has 104 valence electrons. The van der Waals surface area contributed by atoms with Gasteiger partial charge in [-0.1, -0.05) is 6.07 Å². The third-order valence-electron chi connectivity index (χ3n) is 3.26. The zero-order valence-corrected chi connectivity index (χ0v) is 12.0. The fourth-order valence-electron chi connectivity index (χ4n) is 2.02. The van der Waals surface area contributed by atoms with Crippen LogP contribution in [0.4, 0.5) is 0 Å². The summed E-state index contributed by atoms with van der Waals surface area (Å²) in [5.41, 5.74) is 10.4. The summed E-state index contributed by atoms with van der Waals surface area (Å²) >= 11 is 0. The number of hydrogen-bond donors (Lipinski definition) is 2. The van der Waals surface area contributed by atoms with Gasteiger partial charge in [0.15, 0.2) is 0 Å². The molecular weight excluding hydrogens is 250 g/mol. The number of hydrogen-bond acceptors (Lipinski definition) is 3. The van der Waals surface area contributed by atoms with Gasteiger partial charge in [-0.05, 0) is 61.2 Å². The fraction of sp³-hybridized carbons (Fsp3) is 0.250. The molecule has 0 bridgehead atoms. The van der Waals surface area contributed by atoms with E-state index in [0.29, 0.717) is 12.3 Å². The highest BCUT2D eigenvalue weighted by Gasteiger charge is 2.05. The van der Waals surface area contributed by atoms with Crippen molar-refractivity contribution in [2.45, 2.75) is 27.4 Å². The van der Waals surface area contributed by atoms with E-state index in [1.165, 1.54) is 11.1 Å². The van der Waals surface area contributed by atoms with Crippen LogP contribution >= 0.6 is 0 Å². The summed E-state index contributed by atoms with van der Waals surface area (Å²) in [6, 6.07) is 7.82. The molecule has 0 fully saturated rings. The van der Waals surface area contributed by atoms with Crippen LogP contribution in [0.2, 0.25) is 0 Å². The molecule has 0 unspecified atom stereocenters. The van der Waals surface area contributed by atoms with Crippen LogP contribution in [0.25, 0.3) is 0 Å². The maximum atomic E-state index is 7.39. The van der Waals surface area contributed by atoms with Crippen molar-refractivity contribution in [2.24, 2.45) is 5.73 Å². The summed E-state index contributed by atoms with van der Waals surface area (Å²) in [7, 11) is 0. The van der Waals surface area contributed by atoms with Crippen molar-refractivity contribution in [3.8, 4) is 5.75 Å².